The van der Waals surface area contributed by atoms with Crippen molar-refractivity contribution in [2.45, 2.75) is 17.9 Å². The van der Waals surface area contributed by atoms with E-state index in [0.29, 0.717) is 0 Å². The molecule has 2 aromatic rings. The van der Waals surface area contributed by atoms with Crippen molar-refractivity contribution in [3.63, 3.8) is 0 Å². The van der Waals surface area contributed by atoms with Gasteiger partial charge in [-0.25, -0.2) is 0 Å². The summed E-state index contributed by atoms with van der Waals surface area (Å²) in [7, 11) is 1.69. The van der Waals surface area contributed by atoms with Crippen molar-refractivity contribution in [1.82, 2.24) is 0 Å². The number of methoxy groups -OCH3 is 1. The zero-order valence-electron chi connectivity index (χ0n) is 11.5. The molecule has 0 aromatic heterocycles. The highest BCUT2D eigenvalue weighted by Gasteiger charge is 2.06. The van der Waals surface area contributed by atoms with E-state index in [9.17, 15) is 0 Å². The summed E-state index contributed by atoms with van der Waals surface area (Å²) in [6.07, 6.45) is 2.09. The summed E-state index contributed by atoms with van der Waals surface area (Å²) in [4.78, 5) is 1.27. The van der Waals surface area contributed by atoms with Crippen molar-refractivity contribution >= 4 is 17.4 Å². The minimum Gasteiger partial charge on any atom is -0.497 e. The second-order valence-electron chi connectivity index (χ2n) is 4.37. The third-order valence-corrected chi connectivity index (χ3v) is 3.77. The van der Waals surface area contributed by atoms with Gasteiger partial charge in [0.25, 0.3) is 0 Å². The summed E-state index contributed by atoms with van der Waals surface area (Å²) in [5.41, 5.74) is 2.36. The van der Waals surface area contributed by atoms with Crippen LogP contribution in [0.2, 0.25) is 0 Å². The van der Waals surface area contributed by atoms with Crippen LogP contribution in [0.3, 0.4) is 0 Å². The summed E-state index contributed by atoms with van der Waals surface area (Å²) in [5.74, 6) is 0.893. The molecule has 0 spiro atoms. The number of hydrogen-bond donors (Lipinski definition) is 1. The Balaban J connectivity index is 2.13. The molecule has 100 valence electrons. The van der Waals surface area contributed by atoms with Gasteiger partial charge < -0.3 is 10.1 Å². The number of ether oxygens (including phenoxy) is 1. The molecule has 2 nitrogen and oxygen atoms in total. The van der Waals surface area contributed by atoms with Gasteiger partial charge in [0.15, 0.2) is 0 Å². The standard InChI is InChI=1S/C16H19NOS/c1-12(13-6-4-8-15(10-13)18-2)17-14-7-5-9-16(11-14)19-3/h4-12,17H,1-3H3. The molecule has 1 unspecified atom stereocenters. The van der Waals surface area contributed by atoms with Gasteiger partial charge in [-0.05, 0) is 49.1 Å². The van der Waals surface area contributed by atoms with E-state index in [-0.39, 0.29) is 6.04 Å². The third-order valence-electron chi connectivity index (χ3n) is 3.05. The van der Waals surface area contributed by atoms with E-state index in [1.165, 1.54) is 10.5 Å². The number of benzene rings is 2. The quantitative estimate of drug-likeness (QED) is 0.805. The van der Waals surface area contributed by atoms with Crippen LogP contribution in [0.1, 0.15) is 18.5 Å². The summed E-state index contributed by atoms with van der Waals surface area (Å²) in [5, 5.41) is 3.52. The number of rotatable bonds is 5. The van der Waals surface area contributed by atoms with Crippen LogP contribution in [0.15, 0.2) is 53.4 Å². The van der Waals surface area contributed by atoms with E-state index in [1.807, 2.05) is 12.1 Å². The van der Waals surface area contributed by atoms with E-state index in [2.05, 4.69) is 54.9 Å². The fraction of sp³-hybridized carbons (Fsp3) is 0.250. The number of hydrogen-bond acceptors (Lipinski definition) is 3. The van der Waals surface area contributed by atoms with Crippen LogP contribution >= 0.6 is 11.8 Å². The lowest BCUT2D eigenvalue weighted by atomic mass is 10.1. The molecule has 0 fully saturated rings. The molecule has 1 N–H and O–H groups in total. The Hall–Kier alpha value is -1.61. The molecule has 3 heteroatoms. The molecule has 2 rings (SSSR count). The molecule has 0 amide bonds. The van der Waals surface area contributed by atoms with E-state index < -0.39 is 0 Å². The highest BCUT2D eigenvalue weighted by molar-refractivity contribution is 7.98. The van der Waals surface area contributed by atoms with Crippen molar-refractivity contribution in [3.05, 3.63) is 54.1 Å². The molecule has 0 aliphatic heterocycles. The molecule has 1 atom stereocenters. The first kappa shape index (κ1) is 13.8. The zero-order valence-corrected chi connectivity index (χ0v) is 12.3. The Morgan fingerprint density at radius 3 is 2.63 bits per heavy atom. The first-order valence-corrected chi connectivity index (χ1v) is 7.50. The first-order chi connectivity index (χ1) is 9.22. The van der Waals surface area contributed by atoms with E-state index >= 15 is 0 Å². The van der Waals surface area contributed by atoms with E-state index in [1.54, 1.807) is 18.9 Å². The molecule has 0 saturated carbocycles. The van der Waals surface area contributed by atoms with Crippen molar-refractivity contribution in [3.8, 4) is 5.75 Å². The average Bonchev–Trinajstić information content (AvgIpc) is 2.47. The number of nitrogens with one attached hydrogen (secondary N) is 1. The maximum Gasteiger partial charge on any atom is 0.119 e. The van der Waals surface area contributed by atoms with Crippen LogP contribution in [0, 0.1) is 0 Å². The number of thioether (sulfide) groups is 1. The Morgan fingerprint density at radius 1 is 1.11 bits per heavy atom. The largest absolute Gasteiger partial charge is 0.497 e. The maximum absolute atomic E-state index is 5.26. The zero-order chi connectivity index (χ0) is 13.7. The molecule has 0 radical (unpaired) electrons. The minimum absolute atomic E-state index is 0.243. The molecule has 19 heavy (non-hydrogen) atoms. The minimum atomic E-state index is 0.243. The Morgan fingerprint density at radius 2 is 1.89 bits per heavy atom. The van der Waals surface area contributed by atoms with Gasteiger partial charge in [-0.1, -0.05) is 18.2 Å². The topological polar surface area (TPSA) is 21.3 Å². The van der Waals surface area contributed by atoms with Gasteiger partial charge in [-0.2, -0.15) is 0 Å². The van der Waals surface area contributed by atoms with Crippen molar-refractivity contribution in [1.29, 1.82) is 0 Å². The monoisotopic (exact) mass is 273 g/mol. The van der Waals surface area contributed by atoms with Crippen LogP contribution in [-0.2, 0) is 0 Å². The molecule has 2 aromatic carbocycles. The molecule has 0 heterocycles. The van der Waals surface area contributed by atoms with Crippen LogP contribution < -0.4 is 10.1 Å². The maximum atomic E-state index is 5.26. The Bertz CT molecular complexity index is 542. The Kier molecular flexibility index (Phi) is 4.74. The van der Waals surface area contributed by atoms with E-state index in [0.717, 1.165) is 11.4 Å². The van der Waals surface area contributed by atoms with Gasteiger partial charge in [0.2, 0.25) is 0 Å². The summed E-state index contributed by atoms with van der Waals surface area (Å²) >= 11 is 1.75. The fourth-order valence-corrected chi connectivity index (χ4v) is 2.42. The summed E-state index contributed by atoms with van der Waals surface area (Å²) in [6, 6.07) is 16.9. The highest BCUT2D eigenvalue weighted by Crippen LogP contribution is 2.25. The lowest BCUT2D eigenvalue weighted by Crippen LogP contribution is -2.06. The van der Waals surface area contributed by atoms with Gasteiger partial charge in [0.05, 0.1) is 7.11 Å². The van der Waals surface area contributed by atoms with Gasteiger partial charge in [-0.3, -0.25) is 0 Å². The second kappa shape index (κ2) is 6.53. The molecular weight excluding hydrogens is 254 g/mol. The van der Waals surface area contributed by atoms with Crippen molar-refractivity contribution in [2.24, 2.45) is 0 Å². The van der Waals surface area contributed by atoms with Crippen LogP contribution in [-0.4, -0.2) is 13.4 Å². The van der Waals surface area contributed by atoms with Crippen molar-refractivity contribution in [2.75, 3.05) is 18.7 Å². The van der Waals surface area contributed by atoms with Crippen LogP contribution in [0.25, 0.3) is 0 Å². The lowest BCUT2D eigenvalue weighted by molar-refractivity contribution is 0.414. The Labute approximate surface area is 119 Å². The first-order valence-electron chi connectivity index (χ1n) is 6.27. The van der Waals surface area contributed by atoms with Gasteiger partial charge in [-0.15, -0.1) is 11.8 Å². The van der Waals surface area contributed by atoms with Crippen LogP contribution in [0.4, 0.5) is 5.69 Å². The molecule has 0 aliphatic carbocycles. The van der Waals surface area contributed by atoms with Gasteiger partial charge in [0.1, 0.15) is 5.75 Å². The van der Waals surface area contributed by atoms with E-state index in [4.69, 9.17) is 4.74 Å². The lowest BCUT2D eigenvalue weighted by Gasteiger charge is -2.17. The highest BCUT2D eigenvalue weighted by atomic mass is 32.2. The molecule has 0 saturated heterocycles. The summed E-state index contributed by atoms with van der Waals surface area (Å²) in [6.45, 7) is 2.15. The average molecular weight is 273 g/mol. The fourth-order valence-electron chi connectivity index (χ4n) is 1.96. The third kappa shape index (κ3) is 3.67. The SMILES string of the molecule is COc1cccc(C(C)Nc2cccc(SC)c2)c1. The predicted molar refractivity (Wildman–Crippen MR) is 83.3 cm³/mol. The smallest absolute Gasteiger partial charge is 0.119 e. The normalized spacial score (nSPS) is 11.9. The summed E-state index contributed by atoms with van der Waals surface area (Å²) < 4.78 is 5.26. The van der Waals surface area contributed by atoms with Gasteiger partial charge >= 0.3 is 0 Å². The second-order valence-corrected chi connectivity index (χ2v) is 5.25. The molecule has 0 bridgehead atoms. The number of anilines is 1. The van der Waals surface area contributed by atoms with Crippen LogP contribution in [0.5, 0.6) is 5.75 Å². The predicted octanol–water partition coefficient (Wildman–Crippen LogP) is 4.59. The van der Waals surface area contributed by atoms with Gasteiger partial charge in [0, 0.05) is 16.6 Å². The van der Waals surface area contributed by atoms with Crippen molar-refractivity contribution < 1.29 is 4.74 Å². The molecular formula is C16H19NOS. The molecule has 0 aliphatic rings.